The molecular weight excluding hydrogens is 371 g/mol. The number of aromatic nitrogens is 2. The number of anilines is 1. The minimum absolute atomic E-state index is 0.0872. The summed E-state index contributed by atoms with van der Waals surface area (Å²) in [6, 6.07) is 11.4. The average Bonchev–Trinajstić information content (AvgIpc) is 2.66. The molecule has 0 aliphatic heterocycles. The smallest absolute Gasteiger partial charge is 0.378 e. The molecular formula is C19H16F3N5O. The van der Waals surface area contributed by atoms with Gasteiger partial charge in [0.25, 0.3) is 5.91 Å². The number of carbonyl (C=O) groups excluding carboxylic acids is 1. The Labute approximate surface area is 158 Å². The van der Waals surface area contributed by atoms with Crippen LogP contribution in [0.3, 0.4) is 0 Å². The molecule has 0 aliphatic rings. The number of hydrogen-bond donors (Lipinski definition) is 1. The van der Waals surface area contributed by atoms with E-state index >= 15 is 0 Å². The SMILES string of the molecule is CN(C)c1ccc(/C=N/NC(=O)c2cc3cccnc3nc2C(F)(F)F)cc1. The Morgan fingerprint density at radius 3 is 2.54 bits per heavy atom. The highest BCUT2D eigenvalue weighted by atomic mass is 19.4. The van der Waals surface area contributed by atoms with Gasteiger partial charge < -0.3 is 4.90 Å². The van der Waals surface area contributed by atoms with Gasteiger partial charge >= 0.3 is 6.18 Å². The van der Waals surface area contributed by atoms with Crippen molar-refractivity contribution in [1.82, 2.24) is 15.4 Å². The van der Waals surface area contributed by atoms with Gasteiger partial charge in [0.2, 0.25) is 0 Å². The van der Waals surface area contributed by atoms with Crippen molar-refractivity contribution in [1.29, 1.82) is 0 Å². The molecule has 0 saturated heterocycles. The van der Waals surface area contributed by atoms with Gasteiger partial charge in [-0.2, -0.15) is 18.3 Å². The summed E-state index contributed by atoms with van der Waals surface area (Å²) in [4.78, 5) is 21.5. The quantitative estimate of drug-likeness (QED) is 0.550. The number of pyridine rings is 2. The van der Waals surface area contributed by atoms with E-state index in [2.05, 4.69) is 20.5 Å². The monoisotopic (exact) mass is 387 g/mol. The van der Waals surface area contributed by atoms with E-state index in [0.717, 1.165) is 11.8 Å². The Morgan fingerprint density at radius 2 is 1.89 bits per heavy atom. The van der Waals surface area contributed by atoms with Crippen LogP contribution in [0, 0.1) is 0 Å². The first kappa shape index (κ1) is 19.3. The number of rotatable bonds is 4. The third-order valence-electron chi connectivity index (χ3n) is 3.89. The van der Waals surface area contributed by atoms with E-state index in [1.54, 1.807) is 18.2 Å². The molecule has 144 valence electrons. The summed E-state index contributed by atoms with van der Waals surface area (Å²) >= 11 is 0. The Bertz CT molecular complexity index is 1030. The van der Waals surface area contributed by atoms with E-state index in [1.807, 2.05) is 31.1 Å². The molecule has 0 spiro atoms. The van der Waals surface area contributed by atoms with E-state index in [0.29, 0.717) is 10.9 Å². The minimum Gasteiger partial charge on any atom is -0.378 e. The lowest BCUT2D eigenvalue weighted by atomic mass is 10.1. The van der Waals surface area contributed by atoms with Gasteiger partial charge in [0.1, 0.15) is 0 Å². The largest absolute Gasteiger partial charge is 0.434 e. The zero-order valence-corrected chi connectivity index (χ0v) is 15.0. The Balaban J connectivity index is 1.84. The fraction of sp³-hybridized carbons (Fsp3) is 0.158. The number of amides is 1. The summed E-state index contributed by atoms with van der Waals surface area (Å²) in [6.45, 7) is 0. The van der Waals surface area contributed by atoms with Crippen molar-refractivity contribution in [2.75, 3.05) is 19.0 Å². The van der Waals surface area contributed by atoms with Gasteiger partial charge in [0.15, 0.2) is 11.3 Å². The van der Waals surface area contributed by atoms with Gasteiger partial charge in [0.05, 0.1) is 11.8 Å². The van der Waals surface area contributed by atoms with Crippen LogP contribution in [-0.2, 0) is 6.18 Å². The standard InChI is InChI=1S/C19H16F3N5O/c1-27(2)14-7-5-12(6-8-14)11-24-26-18(28)15-10-13-4-3-9-23-17(13)25-16(15)19(20,21)22/h3-11H,1-2H3,(H,26,28)/b24-11+. The molecule has 1 N–H and O–H groups in total. The molecule has 0 fully saturated rings. The number of nitrogens with one attached hydrogen (secondary N) is 1. The zero-order valence-electron chi connectivity index (χ0n) is 15.0. The van der Waals surface area contributed by atoms with Gasteiger partial charge in [0, 0.05) is 31.4 Å². The fourth-order valence-electron chi connectivity index (χ4n) is 2.48. The third-order valence-corrected chi connectivity index (χ3v) is 3.89. The number of fused-ring (bicyclic) bond motifs is 1. The molecule has 0 aliphatic carbocycles. The van der Waals surface area contributed by atoms with Crippen LogP contribution in [0.25, 0.3) is 11.0 Å². The first-order chi connectivity index (χ1) is 13.3. The van der Waals surface area contributed by atoms with E-state index in [9.17, 15) is 18.0 Å². The van der Waals surface area contributed by atoms with Crippen LogP contribution in [0.5, 0.6) is 0 Å². The molecule has 2 heterocycles. The maximum absolute atomic E-state index is 13.3. The van der Waals surface area contributed by atoms with Crippen molar-refractivity contribution in [2.45, 2.75) is 6.18 Å². The summed E-state index contributed by atoms with van der Waals surface area (Å²) in [5.74, 6) is -1.01. The number of halogens is 3. The van der Waals surface area contributed by atoms with E-state index in [4.69, 9.17) is 0 Å². The van der Waals surface area contributed by atoms with Crippen LogP contribution < -0.4 is 10.3 Å². The van der Waals surface area contributed by atoms with Crippen LogP contribution in [0.1, 0.15) is 21.6 Å². The molecule has 1 aromatic carbocycles. The molecule has 28 heavy (non-hydrogen) atoms. The van der Waals surface area contributed by atoms with E-state index < -0.39 is 23.3 Å². The summed E-state index contributed by atoms with van der Waals surface area (Å²) in [6.07, 6.45) is -2.12. The van der Waals surface area contributed by atoms with Crippen molar-refractivity contribution >= 4 is 28.8 Å². The topological polar surface area (TPSA) is 70.5 Å². The molecule has 0 saturated carbocycles. The average molecular weight is 387 g/mol. The Hall–Kier alpha value is -3.49. The summed E-state index contributed by atoms with van der Waals surface area (Å²) in [7, 11) is 3.79. The first-order valence-corrected chi connectivity index (χ1v) is 8.19. The third kappa shape index (κ3) is 4.25. The lowest BCUT2D eigenvalue weighted by Gasteiger charge is -2.12. The minimum atomic E-state index is -4.80. The summed E-state index contributed by atoms with van der Waals surface area (Å²) < 4.78 is 39.9. The Morgan fingerprint density at radius 1 is 1.18 bits per heavy atom. The van der Waals surface area contributed by atoms with Crippen LogP contribution in [0.15, 0.2) is 53.8 Å². The molecule has 0 unspecified atom stereocenters. The number of hydrazone groups is 1. The molecule has 6 nitrogen and oxygen atoms in total. The maximum atomic E-state index is 13.3. The molecule has 0 radical (unpaired) electrons. The number of benzene rings is 1. The van der Waals surface area contributed by atoms with Gasteiger partial charge in [-0.25, -0.2) is 15.4 Å². The second-order valence-electron chi connectivity index (χ2n) is 6.12. The summed E-state index contributed by atoms with van der Waals surface area (Å²) in [5, 5.41) is 4.07. The van der Waals surface area contributed by atoms with Crippen LogP contribution >= 0.6 is 0 Å². The molecule has 3 aromatic rings. The predicted octanol–water partition coefficient (Wildman–Crippen LogP) is 3.48. The highest BCUT2D eigenvalue weighted by Crippen LogP contribution is 2.32. The number of nitrogens with zero attached hydrogens (tertiary/aromatic N) is 4. The van der Waals surface area contributed by atoms with E-state index in [1.165, 1.54) is 18.5 Å². The molecule has 3 rings (SSSR count). The second-order valence-corrected chi connectivity index (χ2v) is 6.12. The predicted molar refractivity (Wildman–Crippen MR) is 100 cm³/mol. The Kier molecular flexibility index (Phi) is 5.25. The zero-order chi connectivity index (χ0) is 20.3. The first-order valence-electron chi connectivity index (χ1n) is 8.19. The molecule has 2 aromatic heterocycles. The van der Waals surface area contributed by atoms with Crippen LogP contribution in [-0.4, -0.2) is 36.2 Å². The molecule has 0 bridgehead atoms. The van der Waals surface area contributed by atoms with Gasteiger partial charge in [-0.05, 0) is 35.9 Å². The molecule has 0 atom stereocenters. The van der Waals surface area contributed by atoms with Crippen molar-refractivity contribution < 1.29 is 18.0 Å². The highest BCUT2D eigenvalue weighted by molar-refractivity contribution is 5.98. The number of alkyl halides is 3. The highest BCUT2D eigenvalue weighted by Gasteiger charge is 2.37. The lowest BCUT2D eigenvalue weighted by Crippen LogP contribution is -2.23. The number of carbonyl (C=O) groups is 1. The van der Waals surface area contributed by atoms with Crippen molar-refractivity contribution in [3.63, 3.8) is 0 Å². The molecule has 9 heteroatoms. The van der Waals surface area contributed by atoms with E-state index in [-0.39, 0.29) is 5.65 Å². The van der Waals surface area contributed by atoms with Gasteiger partial charge in [-0.1, -0.05) is 12.1 Å². The fourth-order valence-corrected chi connectivity index (χ4v) is 2.48. The van der Waals surface area contributed by atoms with Crippen molar-refractivity contribution in [2.24, 2.45) is 5.10 Å². The van der Waals surface area contributed by atoms with Crippen LogP contribution in [0.4, 0.5) is 18.9 Å². The van der Waals surface area contributed by atoms with Gasteiger partial charge in [-0.3, -0.25) is 4.79 Å². The maximum Gasteiger partial charge on any atom is 0.434 e. The summed E-state index contributed by atoms with van der Waals surface area (Å²) in [5.41, 5.74) is 1.77. The second kappa shape index (κ2) is 7.63. The number of hydrogen-bond acceptors (Lipinski definition) is 5. The lowest BCUT2D eigenvalue weighted by molar-refractivity contribution is -0.141. The van der Waals surface area contributed by atoms with Crippen molar-refractivity contribution in [3.05, 3.63) is 65.5 Å². The normalized spacial score (nSPS) is 11.8. The van der Waals surface area contributed by atoms with Crippen LogP contribution in [0.2, 0.25) is 0 Å². The molecule has 1 amide bonds. The van der Waals surface area contributed by atoms with Crippen molar-refractivity contribution in [3.8, 4) is 0 Å². The van der Waals surface area contributed by atoms with Gasteiger partial charge in [-0.15, -0.1) is 0 Å².